The van der Waals surface area contributed by atoms with E-state index in [1.807, 2.05) is 0 Å². The molecule has 4 rings (SSSR count). The van der Waals surface area contributed by atoms with Gasteiger partial charge in [0.15, 0.2) is 5.76 Å². The van der Waals surface area contributed by atoms with Crippen LogP contribution in [0.1, 0.15) is 18.4 Å². The topological polar surface area (TPSA) is 121 Å². The number of furan rings is 1. The molecule has 0 bridgehead atoms. The summed E-state index contributed by atoms with van der Waals surface area (Å²) in [4.78, 5) is 4.18. The molecule has 1 N–H and O–H groups in total. The molecule has 0 aliphatic heterocycles. The fourth-order valence-electron chi connectivity index (χ4n) is 3.52. The maximum atomic E-state index is 13.3. The van der Waals surface area contributed by atoms with Crippen LogP contribution in [0.25, 0.3) is 17.3 Å². The Morgan fingerprint density at radius 3 is 2.34 bits per heavy atom. The lowest BCUT2D eigenvalue weighted by molar-refractivity contribution is 0.391. The van der Waals surface area contributed by atoms with Crippen LogP contribution >= 0.6 is 11.6 Å². The zero-order valence-electron chi connectivity index (χ0n) is 19.5. The van der Waals surface area contributed by atoms with Crippen molar-refractivity contribution in [1.82, 2.24) is 19.7 Å². The standard InChI is InChI=1S/C23H24ClN5O5S/c1-14-11-12-19(34-14)22-26-27-23(29(22)21-17(32-3)8-6-9-18(21)33-4)28-35(30,31)15(2)13-16-7-5-10-20(24)25-16/h5-12,15H,13H2,1-4H3,(H,27,28)/t15-/m1/s1. The molecule has 3 heterocycles. The predicted octanol–water partition coefficient (Wildman–Crippen LogP) is 4.27. The molecule has 0 aliphatic rings. The van der Waals surface area contributed by atoms with Crippen LogP contribution in [-0.4, -0.2) is 47.6 Å². The number of pyridine rings is 1. The Morgan fingerprint density at radius 1 is 1.06 bits per heavy atom. The van der Waals surface area contributed by atoms with Crippen molar-refractivity contribution in [3.05, 3.63) is 65.1 Å². The highest BCUT2D eigenvalue weighted by molar-refractivity contribution is 7.93. The Hall–Kier alpha value is -3.57. The summed E-state index contributed by atoms with van der Waals surface area (Å²) in [5.74, 6) is 2.11. The van der Waals surface area contributed by atoms with E-state index in [1.165, 1.54) is 18.8 Å². The predicted molar refractivity (Wildman–Crippen MR) is 132 cm³/mol. The number of nitrogens with zero attached hydrogens (tertiary/aromatic N) is 4. The second-order valence-corrected chi connectivity index (χ2v) is 10.2. The highest BCUT2D eigenvalue weighted by Gasteiger charge is 2.29. The van der Waals surface area contributed by atoms with Crippen LogP contribution < -0.4 is 14.2 Å². The lowest BCUT2D eigenvalue weighted by atomic mass is 10.2. The molecule has 0 unspecified atom stereocenters. The summed E-state index contributed by atoms with van der Waals surface area (Å²) < 4.78 is 47.5. The van der Waals surface area contributed by atoms with Crippen LogP contribution in [0.5, 0.6) is 11.5 Å². The summed E-state index contributed by atoms with van der Waals surface area (Å²) >= 11 is 5.95. The summed E-state index contributed by atoms with van der Waals surface area (Å²) in [7, 11) is -0.920. The quantitative estimate of drug-likeness (QED) is 0.326. The molecule has 184 valence electrons. The minimum absolute atomic E-state index is 0.0530. The average molecular weight is 518 g/mol. The first-order chi connectivity index (χ1) is 16.7. The molecule has 3 aromatic heterocycles. The van der Waals surface area contributed by atoms with E-state index in [0.717, 1.165) is 0 Å². The van der Waals surface area contributed by atoms with E-state index < -0.39 is 15.3 Å². The van der Waals surface area contributed by atoms with Crippen LogP contribution in [0.2, 0.25) is 5.15 Å². The number of sulfonamides is 1. The first-order valence-corrected chi connectivity index (χ1v) is 12.5. The molecule has 0 fully saturated rings. The highest BCUT2D eigenvalue weighted by atomic mass is 35.5. The average Bonchev–Trinajstić information content (AvgIpc) is 3.43. The van der Waals surface area contributed by atoms with Crippen LogP contribution in [0.3, 0.4) is 0 Å². The van der Waals surface area contributed by atoms with Crippen LogP contribution in [-0.2, 0) is 16.4 Å². The summed E-state index contributed by atoms with van der Waals surface area (Å²) in [5, 5.41) is 7.79. The highest BCUT2D eigenvalue weighted by Crippen LogP contribution is 2.38. The van der Waals surface area contributed by atoms with Crippen molar-refractivity contribution in [3.8, 4) is 28.8 Å². The fourth-order valence-corrected chi connectivity index (χ4v) is 4.68. The van der Waals surface area contributed by atoms with E-state index in [4.69, 9.17) is 25.5 Å². The minimum atomic E-state index is -3.93. The van der Waals surface area contributed by atoms with Crippen molar-refractivity contribution >= 4 is 27.6 Å². The number of rotatable bonds is 9. The van der Waals surface area contributed by atoms with Crippen molar-refractivity contribution in [2.75, 3.05) is 18.9 Å². The van der Waals surface area contributed by atoms with Gasteiger partial charge in [-0.05, 0) is 50.2 Å². The fraction of sp³-hybridized carbons (Fsp3) is 0.261. The van der Waals surface area contributed by atoms with E-state index in [-0.39, 0.29) is 18.2 Å². The van der Waals surface area contributed by atoms with Gasteiger partial charge in [-0.3, -0.25) is 9.29 Å². The van der Waals surface area contributed by atoms with Gasteiger partial charge < -0.3 is 13.9 Å². The van der Waals surface area contributed by atoms with Gasteiger partial charge in [0, 0.05) is 12.1 Å². The van der Waals surface area contributed by atoms with Gasteiger partial charge in [-0.15, -0.1) is 10.2 Å². The van der Waals surface area contributed by atoms with Gasteiger partial charge in [0.1, 0.15) is 28.1 Å². The number of hydrogen-bond acceptors (Lipinski definition) is 8. The van der Waals surface area contributed by atoms with Gasteiger partial charge in [-0.1, -0.05) is 23.7 Å². The van der Waals surface area contributed by atoms with Crippen molar-refractivity contribution in [2.45, 2.75) is 25.5 Å². The number of anilines is 1. The molecule has 10 nitrogen and oxygen atoms in total. The Labute approximate surface area is 207 Å². The number of methoxy groups -OCH3 is 2. The monoisotopic (exact) mass is 517 g/mol. The van der Waals surface area contributed by atoms with Crippen molar-refractivity contribution in [1.29, 1.82) is 0 Å². The third kappa shape index (κ3) is 5.10. The van der Waals surface area contributed by atoms with Gasteiger partial charge in [0.25, 0.3) is 0 Å². The molecule has 4 aromatic rings. The number of hydrogen-bond donors (Lipinski definition) is 1. The number of aromatic nitrogens is 4. The van der Waals surface area contributed by atoms with Gasteiger partial charge in [0.05, 0.1) is 19.5 Å². The number of aryl methyl sites for hydroxylation is 1. The maximum Gasteiger partial charge on any atom is 0.243 e. The summed E-state index contributed by atoms with van der Waals surface area (Å²) in [6, 6.07) is 13.8. The number of nitrogens with one attached hydrogen (secondary N) is 1. The molecule has 1 atom stereocenters. The number of benzene rings is 1. The maximum absolute atomic E-state index is 13.3. The van der Waals surface area contributed by atoms with Crippen molar-refractivity contribution in [3.63, 3.8) is 0 Å². The van der Waals surface area contributed by atoms with E-state index in [1.54, 1.807) is 62.4 Å². The first kappa shape index (κ1) is 24.6. The van der Waals surface area contributed by atoms with E-state index in [2.05, 4.69) is 19.9 Å². The number of halogens is 1. The molecule has 35 heavy (non-hydrogen) atoms. The van der Waals surface area contributed by atoms with Crippen LogP contribution in [0, 0.1) is 6.92 Å². The smallest absolute Gasteiger partial charge is 0.243 e. The van der Waals surface area contributed by atoms with Gasteiger partial charge in [-0.25, -0.2) is 13.4 Å². The minimum Gasteiger partial charge on any atom is -0.494 e. The Kier molecular flexibility index (Phi) is 6.99. The third-order valence-corrected chi connectivity index (χ3v) is 7.19. The number of para-hydroxylation sites is 1. The molecule has 0 saturated carbocycles. The SMILES string of the molecule is COc1cccc(OC)c1-n1c(NS(=O)(=O)[C@H](C)Cc2cccc(Cl)n2)nnc1-c1ccc(C)o1. The van der Waals surface area contributed by atoms with Gasteiger partial charge in [0.2, 0.25) is 21.8 Å². The molecule has 1 aromatic carbocycles. The Morgan fingerprint density at radius 2 is 1.74 bits per heavy atom. The van der Waals surface area contributed by atoms with E-state index >= 15 is 0 Å². The largest absolute Gasteiger partial charge is 0.494 e. The summed E-state index contributed by atoms with van der Waals surface area (Å²) in [5.41, 5.74) is 0.961. The van der Waals surface area contributed by atoms with Crippen LogP contribution in [0.4, 0.5) is 5.95 Å². The zero-order chi connectivity index (χ0) is 25.2. The molecular weight excluding hydrogens is 494 g/mol. The molecular formula is C23H24ClN5O5S. The molecule has 0 radical (unpaired) electrons. The summed E-state index contributed by atoms with van der Waals surface area (Å²) in [6.07, 6.45) is 0.145. The molecule has 0 amide bonds. The van der Waals surface area contributed by atoms with E-state index in [0.29, 0.717) is 39.6 Å². The Balaban J connectivity index is 1.80. The molecule has 0 aliphatic carbocycles. The second-order valence-electron chi connectivity index (χ2n) is 7.72. The van der Waals surface area contributed by atoms with Crippen molar-refractivity contribution in [2.24, 2.45) is 0 Å². The van der Waals surface area contributed by atoms with E-state index in [9.17, 15) is 8.42 Å². The third-order valence-electron chi connectivity index (χ3n) is 5.28. The lowest BCUT2D eigenvalue weighted by Gasteiger charge is -2.18. The van der Waals surface area contributed by atoms with Crippen molar-refractivity contribution < 1.29 is 22.3 Å². The van der Waals surface area contributed by atoms with Crippen LogP contribution in [0.15, 0.2) is 52.9 Å². The molecule has 0 spiro atoms. The normalized spacial score (nSPS) is 12.4. The zero-order valence-corrected chi connectivity index (χ0v) is 21.1. The van der Waals surface area contributed by atoms with Gasteiger partial charge >= 0.3 is 0 Å². The summed E-state index contributed by atoms with van der Waals surface area (Å²) in [6.45, 7) is 3.37. The second kappa shape index (κ2) is 9.96. The van der Waals surface area contributed by atoms with Gasteiger partial charge in [-0.2, -0.15) is 0 Å². The first-order valence-electron chi connectivity index (χ1n) is 10.6. The Bertz CT molecular complexity index is 1430. The number of ether oxygens (including phenoxy) is 2. The lowest BCUT2D eigenvalue weighted by Crippen LogP contribution is -2.29. The molecule has 0 saturated heterocycles. The molecule has 12 heteroatoms.